The van der Waals surface area contributed by atoms with Gasteiger partial charge < -0.3 is 14.4 Å². The summed E-state index contributed by atoms with van der Waals surface area (Å²) in [4.78, 5) is 18.1. The van der Waals surface area contributed by atoms with Gasteiger partial charge in [-0.2, -0.15) is 0 Å². The summed E-state index contributed by atoms with van der Waals surface area (Å²) in [6, 6.07) is 5.33. The van der Waals surface area contributed by atoms with E-state index in [0.29, 0.717) is 46.6 Å². The average molecular weight is 420 g/mol. The van der Waals surface area contributed by atoms with Crippen LogP contribution in [0.15, 0.2) is 35.3 Å². The lowest BCUT2D eigenvalue weighted by Gasteiger charge is -2.35. The highest BCUT2D eigenvalue weighted by Gasteiger charge is 2.41. The minimum atomic E-state index is -1.42. The number of aliphatic hydroxyl groups is 1. The van der Waals surface area contributed by atoms with Gasteiger partial charge in [0, 0.05) is 22.6 Å². The molecular formula is C25H25FN2O3. The summed E-state index contributed by atoms with van der Waals surface area (Å²) >= 11 is 0. The van der Waals surface area contributed by atoms with Gasteiger partial charge in [0.2, 0.25) is 0 Å². The van der Waals surface area contributed by atoms with Crippen molar-refractivity contribution in [3.63, 3.8) is 0 Å². The second kappa shape index (κ2) is 6.50. The molecule has 5 rings (SSSR count). The summed E-state index contributed by atoms with van der Waals surface area (Å²) in [5, 5.41) is 12.1. The molecule has 0 fully saturated rings. The SMILES string of the molecule is C=C1OCc2c(cc3n(c2=O)Cc2cc4c(C(C)C)c(C)c(F)cc4nc2-3)[C@@]1(O)CC. The third kappa shape index (κ3) is 2.57. The first kappa shape index (κ1) is 19.9. The van der Waals surface area contributed by atoms with E-state index in [1.807, 2.05) is 32.9 Å². The molecule has 0 saturated carbocycles. The largest absolute Gasteiger partial charge is 0.490 e. The van der Waals surface area contributed by atoms with E-state index in [9.17, 15) is 14.3 Å². The van der Waals surface area contributed by atoms with Crippen LogP contribution < -0.4 is 5.56 Å². The van der Waals surface area contributed by atoms with Crippen molar-refractivity contribution >= 4 is 10.9 Å². The molecular weight excluding hydrogens is 395 g/mol. The van der Waals surface area contributed by atoms with Crippen LogP contribution in [-0.2, 0) is 23.5 Å². The quantitative estimate of drug-likeness (QED) is 0.513. The number of nitrogens with zero attached hydrogens (tertiary/aromatic N) is 2. The molecule has 2 aliphatic heterocycles. The van der Waals surface area contributed by atoms with Crippen molar-refractivity contribution in [2.75, 3.05) is 0 Å². The zero-order valence-corrected chi connectivity index (χ0v) is 18.2. The Balaban J connectivity index is 1.80. The van der Waals surface area contributed by atoms with Gasteiger partial charge in [0.05, 0.1) is 29.0 Å². The molecule has 2 aliphatic rings. The maximum absolute atomic E-state index is 14.6. The summed E-state index contributed by atoms with van der Waals surface area (Å²) in [5.74, 6) is 0.105. The van der Waals surface area contributed by atoms with E-state index in [2.05, 4.69) is 6.58 Å². The van der Waals surface area contributed by atoms with Gasteiger partial charge in [-0.3, -0.25) is 4.79 Å². The summed E-state index contributed by atoms with van der Waals surface area (Å²) in [7, 11) is 0. The van der Waals surface area contributed by atoms with Crippen molar-refractivity contribution in [2.45, 2.75) is 58.8 Å². The van der Waals surface area contributed by atoms with Gasteiger partial charge >= 0.3 is 0 Å². The van der Waals surface area contributed by atoms with E-state index < -0.39 is 5.60 Å². The number of halogens is 1. The molecule has 0 radical (unpaired) electrons. The Kier molecular flexibility index (Phi) is 4.18. The van der Waals surface area contributed by atoms with Crippen molar-refractivity contribution in [1.82, 2.24) is 9.55 Å². The normalized spacial score (nSPS) is 19.4. The van der Waals surface area contributed by atoms with E-state index in [0.717, 1.165) is 16.5 Å². The van der Waals surface area contributed by atoms with Crippen molar-refractivity contribution in [3.8, 4) is 11.4 Å². The minimum absolute atomic E-state index is 0.0866. The van der Waals surface area contributed by atoms with Crippen molar-refractivity contribution in [3.05, 3.63) is 74.5 Å². The second-order valence-electron chi connectivity index (χ2n) is 8.85. The third-order valence-electron chi connectivity index (χ3n) is 6.80. The predicted molar refractivity (Wildman–Crippen MR) is 117 cm³/mol. The van der Waals surface area contributed by atoms with Crippen LogP contribution in [0.25, 0.3) is 22.3 Å². The summed E-state index contributed by atoms with van der Waals surface area (Å²) < 4.78 is 21.9. The lowest BCUT2D eigenvalue weighted by Crippen LogP contribution is -2.38. The Morgan fingerprint density at radius 3 is 2.77 bits per heavy atom. The first-order valence-electron chi connectivity index (χ1n) is 10.6. The predicted octanol–water partition coefficient (Wildman–Crippen LogP) is 4.64. The molecule has 6 heteroatoms. The molecule has 5 nitrogen and oxygen atoms in total. The minimum Gasteiger partial charge on any atom is -0.490 e. The first-order valence-corrected chi connectivity index (χ1v) is 10.6. The summed E-state index contributed by atoms with van der Waals surface area (Å²) in [6.45, 7) is 12.0. The Hall–Kier alpha value is -2.99. The smallest absolute Gasteiger partial charge is 0.258 e. The van der Waals surface area contributed by atoms with Crippen LogP contribution in [0.3, 0.4) is 0 Å². The Labute approximate surface area is 179 Å². The summed E-state index contributed by atoms with van der Waals surface area (Å²) in [5.41, 5.74) is 3.71. The standard InChI is InChI=1S/C25H25FN2O3/c1-6-25(30)14(5)31-11-17-18(25)8-21-23-15(10-28(21)24(17)29)7-16-20(27-23)9-19(26)13(4)22(16)12(2)3/h7-9,12,30H,5-6,10-11H2,1-4H3/t25-/m1/s1. The number of hydrogen-bond acceptors (Lipinski definition) is 4. The Bertz CT molecular complexity index is 1360. The molecule has 0 bridgehead atoms. The number of ether oxygens (including phenoxy) is 1. The number of aromatic nitrogens is 2. The Morgan fingerprint density at radius 1 is 1.35 bits per heavy atom. The van der Waals surface area contributed by atoms with Gasteiger partial charge in [-0.15, -0.1) is 0 Å². The molecule has 0 aliphatic carbocycles. The summed E-state index contributed by atoms with van der Waals surface area (Å²) in [6.07, 6.45) is 0.335. The lowest BCUT2D eigenvalue weighted by atomic mass is 9.84. The van der Waals surface area contributed by atoms with Gasteiger partial charge in [-0.05, 0) is 42.5 Å². The average Bonchev–Trinajstić information content (AvgIpc) is 3.08. The molecule has 1 aromatic carbocycles. The maximum atomic E-state index is 14.6. The van der Waals surface area contributed by atoms with Crippen LogP contribution in [0.1, 0.15) is 60.9 Å². The van der Waals surface area contributed by atoms with Crippen molar-refractivity contribution in [2.24, 2.45) is 0 Å². The van der Waals surface area contributed by atoms with E-state index in [-0.39, 0.29) is 29.7 Å². The molecule has 0 unspecified atom stereocenters. The second-order valence-corrected chi connectivity index (χ2v) is 8.85. The molecule has 0 spiro atoms. The fourth-order valence-electron chi connectivity index (χ4n) is 5.08. The molecule has 1 N–H and O–H groups in total. The topological polar surface area (TPSA) is 64.4 Å². The van der Waals surface area contributed by atoms with E-state index in [4.69, 9.17) is 9.72 Å². The van der Waals surface area contributed by atoms with E-state index >= 15 is 0 Å². The molecule has 1 atom stereocenters. The molecule has 160 valence electrons. The number of hydrogen-bond donors (Lipinski definition) is 1. The van der Waals surface area contributed by atoms with Gasteiger partial charge in [0.15, 0.2) is 0 Å². The van der Waals surface area contributed by atoms with Crippen LogP contribution >= 0.6 is 0 Å². The first-order chi connectivity index (χ1) is 14.7. The van der Waals surface area contributed by atoms with Crippen molar-refractivity contribution in [1.29, 1.82) is 0 Å². The third-order valence-corrected chi connectivity index (χ3v) is 6.80. The number of pyridine rings is 2. The molecule has 31 heavy (non-hydrogen) atoms. The Morgan fingerprint density at radius 2 is 2.10 bits per heavy atom. The van der Waals surface area contributed by atoms with Gasteiger partial charge in [-0.1, -0.05) is 27.4 Å². The fraction of sp³-hybridized carbons (Fsp3) is 0.360. The van der Waals surface area contributed by atoms with Crippen LogP contribution in [-0.4, -0.2) is 14.7 Å². The molecule has 0 amide bonds. The van der Waals surface area contributed by atoms with Crippen LogP contribution in [0.5, 0.6) is 0 Å². The highest BCUT2D eigenvalue weighted by molar-refractivity contribution is 5.88. The van der Waals surface area contributed by atoms with Crippen molar-refractivity contribution < 1.29 is 14.2 Å². The monoisotopic (exact) mass is 420 g/mol. The molecule has 2 aromatic heterocycles. The highest BCUT2D eigenvalue weighted by Crippen LogP contribution is 2.42. The number of fused-ring (bicyclic) bond motifs is 5. The van der Waals surface area contributed by atoms with Gasteiger partial charge in [-0.25, -0.2) is 9.37 Å². The van der Waals surface area contributed by atoms with E-state index in [1.54, 1.807) is 11.5 Å². The highest BCUT2D eigenvalue weighted by atomic mass is 19.1. The number of rotatable bonds is 2. The van der Waals surface area contributed by atoms with Crippen LogP contribution in [0.4, 0.5) is 4.39 Å². The van der Waals surface area contributed by atoms with Gasteiger partial charge in [0.25, 0.3) is 5.56 Å². The van der Waals surface area contributed by atoms with Crippen LogP contribution in [0, 0.1) is 12.7 Å². The molecule has 4 heterocycles. The lowest BCUT2D eigenvalue weighted by molar-refractivity contribution is -0.0172. The fourth-order valence-corrected chi connectivity index (χ4v) is 5.08. The van der Waals surface area contributed by atoms with Crippen LogP contribution in [0.2, 0.25) is 0 Å². The van der Waals surface area contributed by atoms with Gasteiger partial charge in [0.1, 0.15) is 23.8 Å². The zero-order valence-electron chi connectivity index (χ0n) is 18.2. The maximum Gasteiger partial charge on any atom is 0.258 e. The molecule has 3 aromatic rings. The zero-order chi connectivity index (χ0) is 22.2. The molecule has 0 saturated heterocycles. The number of benzene rings is 1. The van der Waals surface area contributed by atoms with E-state index in [1.165, 1.54) is 6.07 Å².